The smallest absolute Gasteiger partial charge is 0.308 e. The molecule has 5 heteroatoms. The second kappa shape index (κ2) is 18.7. The minimum Gasteiger partial charge on any atom is -0.463 e. The van der Waals surface area contributed by atoms with Crippen LogP contribution in [0.15, 0.2) is 0 Å². The molecular formula is C19H38O5. The van der Waals surface area contributed by atoms with E-state index in [1.165, 1.54) is 12.8 Å². The van der Waals surface area contributed by atoms with Crippen LogP contribution in [0.1, 0.15) is 65.7 Å². The molecule has 5 nitrogen and oxygen atoms in total. The normalized spacial score (nSPS) is 12.3. The molecule has 0 aromatic rings. The summed E-state index contributed by atoms with van der Waals surface area (Å²) >= 11 is 0. The standard InChI is InChI=1S/C19H38O5/c1-4-7-9-11-21-12-13-22-14-15-23-16-17-24-19(20)18(6-3)10-8-5-2/h18H,4-17H2,1-3H3. The van der Waals surface area contributed by atoms with Gasteiger partial charge in [0, 0.05) is 6.61 Å². The Morgan fingerprint density at radius 1 is 0.708 bits per heavy atom. The Morgan fingerprint density at radius 3 is 1.79 bits per heavy atom. The van der Waals surface area contributed by atoms with Gasteiger partial charge in [0.25, 0.3) is 0 Å². The van der Waals surface area contributed by atoms with Crippen LogP contribution < -0.4 is 0 Å². The van der Waals surface area contributed by atoms with Crippen molar-refractivity contribution in [1.82, 2.24) is 0 Å². The maximum Gasteiger partial charge on any atom is 0.308 e. The molecule has 0 aromatic heterocycles. The molecular weight excluding hydrogens is 308 g/mol. The second-order valence-corrected chi connectivity index (χ2v) is 5.96. The molecule has 0 saturated carbocycles. The van der Waals surface area contributed by atoms with E-state index in [0.29, 0.717) is 39.6 Å². The van der Waals surface area contributed by atoms with E-state index < -0.39 is 0 Å². The first kappa shape index (κ1) is 23.4. The Balaban J connectivity index is 3.31. The van der Waals surface area contributed by atoms with Crippen LogP contribution >= 0.6 is 0 Å². The van der Waals surface area contributed by atoms with Gasteiger partial charge in [-0.05, 0) is 19.3 Å². The Bertz CT molecular complexity index is 270. The third-order valence-corrected chi connectivity index (χ3v) is 3.84. The molecule has 0 aliphatic rings. The van der Waals surface area contributed by atoms with E-state index in [2.05, 4.69) is 13.8 Å². The summed E-state index contributed by atoms with van der Waals surface area (Å²) in [7, 11) is 0. The average molecular weight is 347 g/mol. The summed E-state index contributed by atoms with van der Waals surface area (Å²) in [6, 6.07) is 0. The first-order chi connectivity index (χ1) is 11.8. The molecule has 0 radical (unpaired) electrons. The van der Waals surface area contributed by atoms with E-state index in [0.717, 1.165) is 38.7 Å². The molecule has 1 atom stereocenters. The zero-order chi connectivity index (χ0) is 17.9. The molecule has 0 aromatic carbocycles. The van der Waals surface area contributed by atoms with Crippen LogP contribution in [0, 0.1) is 5.92 Å². The SMILES string of the molecule is CCCCCOCCOCCOCCOC(=O)C(CC)CCCC. The highest BCUT2D eigenvalue weighted by Crippen LogP contribution is 2.14. The number of esters is 1. The highest BCUT2D eigenvalue weighted by molar-refractivity contribution is 5.72. The number of ether oxygens (including phenoxy) is 4. The summed E-state index contributed by atoms with van der Waals surface area (Å²) in [4.78, 5) is 11.9. The average Bonchev–Trinajstić information content (AvgIpc) is 2.59. The second-order valence-electron chi connectivity index (χ2n) is 5.96. The van der Waals surface area contributed by atoms with Crippen LogP contribution in [-0.2, 0) is 23.7 Å². The molecule has 24 heavy (non-hydrogen) atoms. The maximum absolute atomic E-state index is 11.9. The third-order valence-electron chi connectivity index (χ3n) is 3.84. The van der Waals surface area contributed by atoms with Crippen molar-refractivity contribution < 1.29 is 23.7 Å². The van der Waals surface area contributed by atoms with Crippen LogP contribution in [0.2, 0.25) is 0 Å². The molecule has 0 aliphatic heterocycles. The number of hydrogen-bond donors (Lipinski definition) is 0. The van der Waals surface area contributed by atoms with Gasteiger partial charge in [0.1, 0.15) is 6.61 Å². The fourth-order valence-electron chi connectivity index (χ4n) is 2.25. The number of unbranched alkanes of at least 4 members (excludes halogenated alkanes) is 3. The van der Waals surface area contributed by atoms with E-state index in [1.54, 1.807) is 0 Å². The van der Waals surface area contributed by atoms with Gasteiger partial charge in [0.2, 0.25) is 0 Å². The quantitative estimate of drug-likeness (QED) is 0.277. The van der Waals surface area contributed by atoms with E-state index >= 15 is 0 Å². The lowest BCUT2D eigenvalue weighted by atomic mass is 10.00. The number of carbonyl (C=O) groups is 1. The molecule has 0 heterocycles. The summed E-state index contributed by atoms with van der Waals surface area (Å²) in [5.41, 5.74) is 0. The van der Waals surface area contributed by atoms with Crippen LogP contribution in [0.4, 0.5) is 0 Å². The maximum atomic E-state index is 11.9. The van der Waals surface area contributed by atoms with Gasteiger partial charge < -0.3 is 18.9 Å². The van der Waals surface area contributed by atoms with E-state index in [1.807, 2.05) is 6.92 Å². The Labute approximate surface area is 148 Å². The first-order valence-electron chi connectivity index (χ1n) is 9.66. The van der Waals surface area contributed by atoms with Gasteiger partial charge in [0.05, 0.1) is 39.0 Å². The Morgan fingerprint density at radius 2 is 1.25 bits per heavy atom. The summed E-state index contributed by atoms with van der Waals surface area (Å²) < 4.78 is 21.5. The van der Waals surface area contributed by atoms with Crippen molar-refractivity contribution in [2.24, 2.45) is 5.92 Å². The van der Waals surface area contributed by atoms with E-state index in [9.17, 15) is 4.79 Å². The largest absolute Gasteiger partial charge is 0.463 e. The van der Waals surface area contributed by atoms with Gasteiger partial charge in [-0.1, -0.05) is 46.5 Å². The highest BCUT2D eigenvalue weighted by atomic mass is 16.6. The zero-order valence-electron chi connectivity index (χ0n) is 16.0. The van der Waals surface area contributed by atoms with Crippen LogP contribution in [0.3, 0.4) is 0 Å². The molecule has 144 valence electrons. The molecule has 1 unspecified atom stereocenters. The minimum atomic E-state index is -0.0916. The van der Waals surface area contributed by atoms with Crippen LogP contribution in [0.5, 0.6) is 0 Å². The monoisotopic (exact) mass is 346 g/mol. The van der Waals surface area contributed by atoms with Gasteiger partial charge in [-0.25, -0.2) is 0 Å². The number of hydrogen-bond acceptors (Lipinski definition) is 5. The highest BCUT2D eigenvalue weighted by Gasteiger charge is 2.16. The molecule has 0 rings (SSSR count). The fraction of sp³-hybridized carbons (Fsp3) is 0.947. The molecule has 0 bridgehead atoms. The lowest BCUT2D eigenvalue weighted by molar-refractivity contribution is -0.150. The van der Waals surface area contributed by atoms with Crippen molar-refractivity contribution in [2.75, 3.05) is 46.2 Å². The number of carbonyl (C=O) groups excluding carboxylic acids is 1. The Hall–Kier alpha value is -0.650. The topological polar surface area (TPSA) is 54.0 Å². The number of rotatable bonds is 18. The first-order valence-corrected chi connectivity index (χ1v) is 9.66. The summed E-state index contributed by atoms with van der Waals surface area (Å²) in [5.74, 6) is -0.0587. The zero-order valence-corrected chi connectivity index (χ0v) is 16.0. The van der Waals surface area contributed by atoms with Crippen molar-refractivity contribution in [1.29, 1.82) is 0 Å². The van der Waals surface area contributed by atoms with Gasteiger partial charge in [0.15, 0.2) is 0 Å². The van der Waals surface area contributed by atoms with Crippen molar-refractivity contribution >= 4 is 5.97 Å². The van der Waals surface area contributed by atoms with Gasteiger partial charge in [-0.3, -0.25) is 4.79 Å². The molecule has 0 spiro atoms. The summed E-state index contributed by atoms with van der Waals surface area (Å²) in [6.45, 7) is 10.2. The molecule has 0 fully saturated rings. The molecule has 0 aliphatic carbocycles. The van der Waals surface area contributed by atoms with Crippen molar-refractivity contribution in [3.05, 3.63) is 0 Å². The van der Waals surface area contributed by atoms with Gasteiger partial charge in [-0.2, -0.15) is 0 Å². The van der Waals surface area contributed by atoms with Crippen LogP contribution in [0.25, 0.3) is 0 Å². The van der Waals surface area contributed by atoms with E-state index in [-0.39, 0.29) is 11.9 Å². The lowest BCUT2D eigenvalue weighted by Crippen LogP contribution is -2.20. The molecule has 0 amide bonds. The Kier molecular flexibility index (Phi) is 18.2. The third kappa shape index (κ3) is 14.9. The van der Waals surface area contributed by atoms with E-state index in [4.69, 9.17) is 18.9 Å². The van der Waals surface area contributed by atoms with Crippen molar-refractivity contribution in [3.8, 4) is 0 Å². The van der Waals surface area contributed by atoms with Crippen molar-refractivity contribution in [2.45, 2.75) is 65.7 Å². The predicted octanol–water partition coefficient (Wildman–Crippen LogP) is 3.99. The van der Waals surface area contributed by atoms with Crippen molar-refractivity contribution in [3.63, 3.8) is 0 Å². The fourth-order valence-corrected chi connectivity index (χ4v) is 2.25. The molecule has 0 saturated heterocycles. The summed E-state index contributed by atoms with van der Waals surface area (Å²) in [5, 5.41) is 0. The predicted molar refractivity (Wildman–Crippen MR) is 96.2 cm³/mol. The lowest BCUT2D eigenvalue weighted by Gasteiger charge is -2.13. The minimum absolute atomic E-state index is 0.0330. The van der Waals surface area contributed by atoms with Crippen LogP contribution in [-0.4, -0.2) is 52.2 Å². The van der Waals surface area contributed by atoms with Gasteiger partial charge in [-0.15, -0.1) is 0 Å². The summed E-state index contributed by atoms with van der Waals surface area (Å²) in [6.07, 6.45) is 7.49. The van der Waals surface area contributed by atoms with Gasteiger partial charge >= 0.3 is 5.97 Å². The molecule has 0 N–H and O–H groups in total.